The van der Waals surface area contributed by atoms with E-state index in [1.54, 1.807) is 0 Å². The van der Waals surface area contributed by atoms with Gasteiger partial charge in [-0.1, -0.05) is 32.3 Å². The first-order valence-electron chi connectivity index (χ1n) is 5.34. The summed E-state index contributed by atoms with van der Waals surface area (Å²) < 4.78 is 1.14. The van der Waals surface area contributed by atoms with Gasteiger partial charge in [-0.2, -0.15) is 0 Å². The lowest BCUT2D eigenvalue weighted by Gasteiger charge is -2.27. The fourth-order valence-electron chi connectivity index (χ4n) is 2.24. The normalized spacial score (nSPS) is 20.2. The topological polar surface area (TPSA) is 0 Å². The van der Waals surface area contributed by atoms with E-state index in [1.807, 2.05) is 6.08 Å². The van der Waals surface area contributed by atoms with Crippen LogP contribution >= 0.6 is 31.9 Å². The molecule has 0 nitrogen and oxygen atoms in total. The minimum Gasteiger partial charge on any atom is -0.102 e. The molecule has 80 valence electrons. The summed E-state index contributed by atoms with van der Waals surface area (Å²) in [5, 5.41) is 0. The maximum Gasteiger partial charge on any atom is 0.0604 e. The molecule has 1 aliphatic carbocycles. The van der Waals surface area contributed by atoms with Crippen LogP contribution < -0.4 is 0 Å². The van der Waals surface area contributed by atoms with E-state index >= 15 is 0 Å². The van der Waals surface area contributed by atoms with Crippen molar-refractivity contribution in [1.29, 1.82) is 0 Å². The molecule has 0 aromatic carbocycles. The van der Waals surface area contributed by atoms with Crippen LogP contribution in [0.2, 0.25) is 0 Å². The first-order valence-corrected chi connectivity index (χ1v) is 6.93. The first-order chi connectivity index (χ1) is 6.66. The van der Waals surface area contributed by atoms with Gasteiger partial charge in [0.05, 0.1) is 3.39 Å². The third-order valence-electron chi connectivity index (χ3n) is 3.11. The molecule has 1 fully saturated rings. The zero-order valence-electron chi connectivity index (χ0n) is 8.73. The smallest absolute Gasteiger partial charge is 0.0604 e. The van der Waals surface area contributed by atoms with Crippen LogP contribution in [0.5, 0.6) is 0 Å². The van der Waals surface area contributed by atoms with Crippen LogP contribution in [0.25, 0.3) is 0 Å². The van der Waals surface area contributed by atoms with E-state index in [1.165, 1.54) is 37.7 Å². The molecule has 0 aliphatic heterocycles. The van der Waals surface area contributed by atoms with E-state index < -0.39 is 0 Å². The predicted octanol–water partition coefficient (Wildman–Crippen LogP) is 5.39. The summed E-state index contributed by atoms with van der Waals surface area (Å²) in [5.41, 5.74) is 1.50. The van der Waals surface area contributed by atoms with Crippen molar-refractivity contribution >= 4 is 31.9 Å². The number of hydrogen-bond acceptors (Lipinski definition) is 0. The zero-order chi connectivity index (χ0) is 10.6. The van der Waals surface area contributed by atoms with Gasteiger partial charge in [-0.3, -0.25) is 0 Å². The van der Waals surface area contributed by atoms with E-state index in [0.29, 0.717) is 5.92 Å². The average molecular weight is 322 g/mol. The zero-order valence-corrected chi connectivity index (χ0v) is 11.9. The van der Waals surface area contributed by atoms with Crippen molar-refractivity contribution in [2.45, 2.75) is 39.0 Å². The molecule has 0 saturated heterocycles. The van der Waals surface area contributed by atoms with Crippen LogP contribution in [0, 0.1) is 11.8 Å². The van der Waals surface area contributed by atoms with E-state index in [4.69, 9.17) is 0 Å². The molecular weight excluding hydrogens is 304 g/mol. The second-order valence-electron chi connectivity index (χ2n) is 4.08. The molecule has 0 radical (unpaired) electrons. The molecule has 0 aromatic rings. The van der Waals surface area contributed by atoms with Gasteiger partial charge in [0, 0.05) is 0 Å². The molecule has 14 heavy (non-hydrogen) atoms. The summed E-state index contributed by atoms with van der Waals surface area (Å²) in [6.45, 7) is 6.10. The Labute approximate surface area is 104 Å². The number of halogens is 2. The van der Waals surface area contributed by atoms with Crippen LogP contribution in [0.3, 0.4) is 0 Å². The Kier molecular flexibility index (Phi) is 5.47. The van der Waals surface area contributed by atoms with Gasteiger partial charge in [-0.05, 0) is 62.1 Å². The van der Waals surface area contributed by atoms with Crippen LogP contribution in [-0.4, -0.2) is 0 Å². The Morgan fingerprint density at radius 1 is 1.29 bits per heavy atom. The van der Waals surface area contributed by atoms with Crippen molar-refractivity contribution in [3.63, 3.8) is 0 Å². The van der Waals surface area contributed by atoms with Crippen molar-refractivity contribution in [2.24, 2.45) is 11.8 Å². The summed E-state index contributed by atoms with van der Waals surface area (Å²) in [5.74, 6) is 1.23. The molecule has 0 heterocycles. The largest absolute Gasteiger partial charge is 0.102 e. The number of allylic oxidation sites excluding steroid dienone is 2. The Hall–Kier alpha value is 0.440. The van der Waals surface area contributed by atoms with Crippen molar-refractivity contribution < 1.29 is 0 Å². The van der Waals surface area contributed by atoms with E-state index in [0.717, 1.165) is 9.31 Å². The second-order valence-corrected chi connectivity index (χ2v) is 6.73. The highest BCUT2D eigenvalue weighted by Crippen LogP contribution is 2.38. The minimum absolute atomic E-state index is 0.479. The van der Waals surface area contributed by atoms with Gasteiger partial charge < -0.3 is 0 Å². The molecule has 1 rings (SSSR count). The minimum atomic E-state index is 0.479. The van der Waals surface area contributed by atoms with Crippen LogP contribution in [0.4, 0.5) is 0 Å². The van der Waals surface area contributed by atoms with E-state index in [2.05, 4.69) is 45.4 Å². The summed E-state index contributed by atoms with van der Waals surface area (Å²) >= 11 is 7.13. The van der Waals surface area contributed by atoms with Gasteiger partial charge >= 0.3 is 0 Å². The van der Waals surface area contributed by atoms with Gasteiger partial charge in [0.25, 0.3) is 0 Å². The summed E-state index contributed by atoms with van der Waals surface area (Å²) in [6.07, 6.45) is 8.89. The molecule has 2 heteroatoms. The Morgan fingerprint density at radius 2 is 1.86 bits per heavy atom. The van der Waals surface area contributed by atoms with Gasteiger partial charge in [-0.15, -0.1) is 6.58 Å². The monoisotopic (exact) mass is 320 g/mol. The van der Waals surface area contributed by atoms with Crippen LogP contribution in [0.1, 0.15) is 39.0 Å². The Morgan fingerprint density at radius 3 is 2.29 bits per heavy atom. The van der Waals surface area contributed by atoms with Crippen molar-refractivity contribution in [2.75, 3.05) is 0 Å². The average Bonchev–Trinajstić information content (AvgIpc) is 2.19. The highest BCUT2D eigenvalue weighted by molar-refractivity contribution is 9.28. The van der Waals surface area contributed by atoms with Gasteiger partial charge in [0.1, 0.15) is 0 Å². The Bertz CT molecular complexity index is 220. The number of hydrogen-bond donors (Lipinski definition) is 0. The van der Waals surface area contributed by atoms with Gasteiger partial charge in [0.2, 0.25) is 0 Å². The first kappa shape index (κ1) is 12.5. The third kappa shape index (κ3) is 3.23. The van der Waals surface area contributed by atoms with Crippen LogP contribution in [0.15, 0.2) is 21.6 Å². The summed E-state index contributed by atoms with van der Waals surface area (Å²) in [7, 11) is 0. The highest BCUT2D eigenvalue weighted by Gasteiger charge is 2.22. The molecule has 0 N–H and O–H groups in total. The maximum atomic E-state index is 3.88. The van der Waals surface area contributed by atoms with Crippen molar-refractivity contribution in [3.8, 4) is 0 Å². The lowest BCUT2D eigenvalue weighted by atomic mass is 9.80. The Balaban J connectivity index is 2.77. The van der Waals surface area contributed by atoms with Crippen LogP contribution in [-0.2, 0) is 0 Å². The van der Waals surface area contributed by atoms with E-state index in [-0.39, 0.29) is 0 Å². The van der Waals surface area contributed by atoms with Gasteiger partial charge in [-0.25, -0.2) is 0 Å². The molecule has 1 atom stereocenters. The predicted molar refractivity (Wildman–Crippen MR) is 70.8 cm³/mol. The standard InChI is InChI=1S/C12H18Br2/c1-3-9(2)11(12(13)14)10-7-5-4-6-8-10/h3,9-10H,1,4-8H2,2H3. The van der Waals surface area contributed by atoms with Gasteiger partial charge in [0.15, 0.2) is 0 Å². The maximum absolute atomic E-state index is 3.88. The fraction of sp³-hybridized carbons (Fsp3) is 0.667. The van der Waals surface area contributed by atoms with Crippen molar-refractivity contribution in [1.82, 2.24) is 0 Å². The highest BCUT2D eigenvalue weighted by atomic mass is 79.9. The molecule has 1 aliphatic rings. The molecule has 0 bridgehead atoms. The SMILES string of the molecule is C=CC(C)C(=C(Br)Br)C1CCCCC1. The lowest BCUT2D eigenvalue weighted by Crippen LogP contribution is -2.14. The van der Waals surface area contributed by atoms with Crippen molar-refractivity contribution in [3.05, 3.63) is 21.6 Å². The fourth-order valence-corrected chi connectivity index (χ4v) is 3.61. The summed E-state index contributed by atoms with van der Waals surface area (Å²) in [4.78, 5) is 0. The van der Waals surface area contributed by atoms with E-state index in [9.17, 15) is 0 Å². The molecule has 0 amide bonds. The third-order valence-corrected chi connectivity index (χ3v) is 4.02. The molecule has 0 spiro atoms. The summed E-state index contributed by atoms with van der Waals surface area (Å²) in [6, 6.07) is 0. The number of rotatable bonds is 3. The molecule has 1 saturated carbocycles. The molecular formula is C12H18Br2. The second kappa shape index (κ2) is 6.12. The quantitative estimate of drug-likeness (QED) is 0.611. The molecule has 0 aromatic heterocycles. The molecule has 1 unspecified atom stereocenters. The lowest BCUT2D eigenvalue weighted by molar-refractivity contribution is 0.387.